The molecule has 78 valence electrons. The molecule has 0 saturated heterocycles. The van der Waals surface area contributed by atoms with Crippen LogP contribution < -0.4 is 5.32 Å². The summed E-state index contributed by atoms with van der Waals surface area (Å²) in [7, 11) is 0. The number of pyridine rings is 1. The second kappa shape index (κ2) is 5.00. The van der Waals surface area contributed by atoms with Crippen LogP contribution in [-0.2, 0) is 0 Å². The van der Waals surface area contributed by atoms with Crippen LogP contribution >= 0.6 is 0 Å². The number of aromatic nitrogens is 1. The quantitative estimate of drug-likeness (QED) is 0.807. The summed E-state index contributed by atoms with van der Waals surface area (Å²) in [6.45, 7) is 3.28. The molecule has 0 bridgehead atoms. The number of alkyl halides is 2. The molecule has 1 aromatic rings. The highest BCUT2D eigenvalue weighted by atomic mass is 19.3. The van der Waals surface area contributed by atoms with Crippen LogP contribution in [0.3, 0.4) is 0 Å². The molecular weight excluding hydrogens is 186 g/mol. The molecule has 1 aromatic heterocycles. The van der Waals surface area contributed by atoms with Gasteiger partial charge in [-0.1, -0.05) is 6.07 Å². The minimum atomic E-state index is -2.35. The molecule has 0 radical (unpaired) electrons. The van der Waals surface area contributed by atoms with Crippen molar-refractivity contribution in [3.8, 4) is 0 Å². The summed E-state index contributed by atoms with van der Waals surface area (Å²) in [6, 6.07) is 4.49. The smallest absolute Gasteiger partial charge is 0.253 e. The predicted octanol–water partition coefficient (Wildman–Crippen LogP) is 2.39. The van der Waals surface area contributed by atoms with E-state index in [2.05, 4.69) is 10.3 Å². The van der Waals surface area contributed by atoms with Crippen LogP contribution in [0.15, 0.2) is 24.4 Å². The highest BCUT2D eigenvalue weighted by Crippen LogP contribution is 2.11. The summed E-state index contributed by atoms with van der Waals surface area (Å²) in [5.41, 5.74) is 0.778. The van der Waals surface area contributed by atoms with Crippen molar-refractivity contribution in [1.82, 2.24) is 10.3 Å². The number of nitrogens with zero attached hydrogens (tertiary/aromatic N) is 1. The van der Waals surface area contributed by atoms with Crippen LogP contribution in [0.4, 0.5) is 8.78 Å². The fourth-order valence-electron chi connectivity index (χ4n) is 1.18. The fraction of sp³-hybridized carbons (Fsp3) is 0.500. The second-order valence-electron chi connectivity index (χ2n) is 3.27. The lowest BCUT2D eigenvalue weighted by Crippen LogP contribution is -2.34. The number of hydrogen-bond acceptors (Lipinski definition) is 2. The van der Waals surface area contributed by atoms with E-state index in [4.69, 9.17) is 0 Å². The molecule has 1 rings (SSSR count). The Morgan fingerprint density at radius 3 is 2.50 bits per heavy atom. The Morgan fingerprint density at radius 1 is 1.29 bits per heavy atom. The maximum atomic E-state index is 12.2. The SMILES string of the molecule is CC(N[C@@H](C)c1ccccn1)C(F)F. The van der Waals surface area contributed by atoms with Crippen molar-refractivity contribution in [3.63, 3.8) is 0 Å². The lowest BCUT2D eigenvalue weighted by Gasteiger charge is -2.18. The van der Waals surface area contributed by atoms with Crippen LogP contribution in [0.25, 0.3) is 0 Å². The summed E-state index contributed by atoms with van der Waals surface area (Å²) in [6.07, 6.45) is -0.693. The average Bonchev–Trinajstić information content (AvgIpc) is 2.19. The monoisotopic (exact) mass is 200 g/mol. The van der Waals surface area contributed by atoms with Gasteiger partial charge in [0, 0.05) is 12.2 Å². The molecule has 0 fully saturated rings. The van der Waals surface area contributed by atoms with Gasteiger partial charge in [0.25, 0.3) is 6.43 Å². The largest absolute Gasteiger partial charge is 0.301 e. The maximum Gasteiger partial charge on any atom is 0.253 e. The molecule has 0 aliphatic carbocycles. The number of hydrogen-bond donors (Lipinski definition) is 1. The van der Waals surface area contributed by atoms with Crippen LogP contribution in [0.2, 0.25) is 0 Å². The van der Waals surface area contributed by atoms with E-state index < -0.39 is 12.5 Å². The first-order chi connectivity index (χ1) is 6.61. The molecule has 0 saturated carbocycles. The Labute approximate surface area is 82.4 Å². The maximum absolute atomic E-state index is 12.2. The van der Waals surface area contributed by atoms with E-state index >= 15 is 0 Å². The van der Waals surface area contributed by atoms with Crippen molar-refractivity contribution in [3.05, 3.63) is 30.1 Å². The molecule has 2 nitrogen and oxygen atoms in total. The third-order valence-corrected chi connectivity index (χ3v) is 2.02. The van der Waals surface area contributed by atoms with Gasteiger partial charge in [0.1, 0.15) is 0 Å². The van der Waals surface area contributed by atoms with Gasteiger partial charge in [0.05, 0.1) is 11.7 Å². The molecule has 0 amide bonds. The van der Waals surface area contributed by atoms with Crippen LogP contribution in [0.5, 0.6) is 0 Å². The van der Waals surface area contributed by atoms with Crippen LogP contribution in [0.1, 0.15) is 25.6 Å². The van der Waals surface area contributed by atoms with Gasteiger partial charge in [0.2, 0.25) is 0 Å². The summed E-state index contributed by atoms with van der Waals surface area (Å²) in [4.78, 5) is 4.08. The van der Waals surface area contributed by atoms with Crippen molar-refractivity contribution in [2.45, 2.75) is 32.4 Å². The Bertz CT molecular complexity index is 264. The van der Waals surface area contributed by atoms with Gasteiger partial charge >= 0.3 is 0 Å². The molecule has 0 aromatic carbocycles. The zero-order valence-electron chi connectivity index (χ0n) is 8.24. The van der Waals surface area contributed by atoms with E-state index in [1.165, 1.54) is 6.92 Å². The highest BCUT2D eigenvalue weighted by Gasteiger charge is 2.17. The van der Waals surface area contributed by atoms with Crippen molar-refractivity contribution >= 4 is 0 Å². The molecule has 0 aliphatic rings. The highest BCUT2D eigenvalue weighted by molar-refractivity contribution is 5.07. The van der Waals surface area contributed by atoms with Gasteiger partial charge in [-0.2, -0.15) is 0 Å². The Hall–Kier alpha value is -1.03. The lowest BCUT2D eigenvalue weighted by molar-refractivity contribution is 0.101. The minimum Gasteiger partial charge on any atom is -0.301 e. The molecule has 1 unspecified atom stereocenters. The minimum absolute atomic E-state index is 0.153. The van der Waals surface area contributed by atoms with E-state index in [0.29, 0.717) is 0 Å². The first kappa shape index (κ1) is 11.0. The van der Waals surface area contributed by atoms with E-state index in [9.17, 15) is 8.78 Å². The van der Waals surface area contributed by atoms with Crippen molar-refractivity contribution in [2.75, 3.05) is 0 Å². The third-order valence-electron chi connectivity index (χ3n) is 2.02. The standard InChI is InChI=1S/C10H14F2N2/c1-7(14-8(2)10(11)12)9-5-3-4-6-13-9/h3-8,10,14H,1-2H3/t7-,8?/m0/s1. The molecule has 14 heavy (non-hydrogen) atoms. The first-order valence-electron chi connectivity index (χ1n) is 4.56. The van der Waals surface area contributed by atoms with E-state index in [-0.39, 0.29) is 6.04 Å². The van der Waals surface area contributed by atoms with Crippen molar-refractivity contribution < 1.29 is 8.78 Å². The lowest BCUT2D eigenvalue weighted by atomic mass is 10.2. The summed E-state index contributed by atoms with van der Waals surface area (Å²) in [5, 5.41) is 2.78. The van der Waals surface area contributed by atoms with Gasteiger partial charge in [-0.05, 0) is 26.0 Å². The van der Waals surface area contributed by atoms with E-state index in [0.717, 1.165) is 5.69 Å². The number of rotatable bonds is 4. The fourth-order valence-corrected chi connectivity index (χ4v) is 1.18. The number of nitrogens with one attached hydrogen (secondary N) is 1. The van der Waals surface area contributed by atoms with Crippen LogP contribution in [-0.4, -0.2) is 17.5 Å². The first-order valence-corrected chi connectivity index (χ1v) is 4.56. The third kappa shape index (κ3) is 3.03. The summed E-state index contributed by atoms with van der Waals surface area (Å²) >= 11 is 0. The molecule has 1 heterocycles. The summed E-state index contributed by atoms with van der Waals surface area (Å²) in [5.74, 6) is 0. The summed E-state index contributed by atoms with van der Waals surface area (Å²) < 4.78 is 24.4. The second-order valence-corrected chi connectivity index (χ2v) is 3.27. The molecule has 1 N–H and O–H groups in total. The van der Waals surface area contributed by atoms with Crippen molar-refractivity contribution in [2.24, 2.45) is 0 Å². The van der Waals surface area contributed by atoms with Gasteiger partial charge < -0.3 is 5.32 Å². The van der Waals surface area contributed by atoms with E-state index in [1.54, 1.807) is 12.3 Å². The van der Waals surface area contributed by atoms with Gasteiger partial charge in [0.15, 0.2) is 0 Å². The molecule has 4 heteroatoms. The molecule has 0 aliphatic heterocycles. The van der Waals surface area contributed by atoms with Crippen LogP contribution in [0, 0.1) is 0 Å². The zero-order valence-corrected chi connectivity index (χ0v) is 8.24. The average molecular weight is 200 g/mol. The Balaban J connectivity index is 2.55. The van der Waals surface area contributed by atoms with Gasteiger partial charge in [-0.15, -0.1) is 0 Å². The molecule has 2 atom stereocenters. The number of halogens is 2. The topological polar surface area (TPSA) is 24.9 Å². The predicted molar refractivity (Wildman–Crippen MR) is 51.3 cm³/mol. The molecule has 0 spiro atoms. The Morgan fingerprint density at radius 2 is 2.00 bits per heavy atom. The normalized spacial score (nSPS) is 15.5. The van der Waals surface area contributed by atoms with E-state index in [1.807, 2.05) is 19.1 Å². The Kier molecular flexibility index (Phi) is 3.95. The zero-order chi connectivity index (χ0) is 10.6. The van der Waals surface area contributed by atoms with Crippen molar-refractivity contribution in [1.29, 1.82) is 0 Å². The van der Waals surface area contributed by atoms with Gasteiger partial charge in [-0.3, -0.25) is 4.98 Å². The molecular formula is C10H14F2N2. The van der Waals surface area contributed by atoms with Gasteiger partial charge in [-0.25, -0.2) is 8.78 Å².